The van der Waals surface area contributed by atoms with Gasteiger partial charge >= 0.3 is 5.97 Å². The van der Waals surface area contributed by atoms with Crippen LogP contribution >= 0.6 is 0 Å². The van der Waals surface area contributed by atoms with Crippen LogP contribution in [0.15, 0.2) is 42.5 Å². The smallest absolute Gasteiger partial charge is 0.342 e. The molecule has 0 spiro atoms. The Morgan fingerprint density at radius 2 is 1.84 bits per heavy atom. The Labute approximate surface area is 144 Å². The van der Waals surface area contributed by atoms with Crippen LogP contribution in [0.4, 0.5) is 5.69 Å². The molecular formula is C18H17NO6. The number of anilines is 1. The van der Waals surface area contributed by atoms with Crippen molar-refractivity contribution < 1.29 is 28.9 Å². The number of amides is 1. The first-order chi connectivity index (χ1) is 12.0. The molecule has 25 heavy (non-hydrogen) atoms. The number of carbonyl (C=O) groups excluding carboxylic acids is 2. The second-order valence-electron chi connectivity index (χ2n) is 5.41. The first-order valence-electron chi connectivity index (χ1n) is 7.74. The molecule has 7 heteroatoms. The fourth-order valence-electron chi connectivity index (χ4n) is 2.29. The van der Waals surface area contributed by atoms with Crippen LogP contribution in [-0.2, 0) is 9.53 Å². The second kappa shape index (κ2) is 7.12. The molecule has 0 bridgehead atoms. The number of benzene rings is 2. The number of hydrogen-bond acceptors (Lipinski definition) is 6. The first kappa shape index (κ1) is 16.6. The summed E-state index contributed by atoms with van der Waals surface area (Å²) in [5, 5.41) is 12.3. The van der Waals surface area contributed by atoms with E-state index in [-0.39, 0.29) is 11.3 Å². The minimum Gasteiger partial charge on any atom is -0.507 e. The van der Waals surface area contributed by atoms with Gasteiger partial charge in [-0.1, -0.05) is 12.1 Å². The van der Waals surface area contributed by atoms with Gasteiger partial charge in [0.05, 0.1) is 0 Å². The highest BCUT2D eigenvalue weighted by molar-refractivity contribution is 5.98. The number of phenols is 1. The normalized spacial score (nSPS) is 13.6. The average molecular weight is 343 g/mol. The summed E-state index contributed by atoms with van der Waals surface area (Å²) < 4.78 is 16.0. The minimum atomic E-state index is -1.04. The highest BCUT2D eigenvalue weighted by atomic mass is 16.6. The van der Waals surface area contributed by atoms with Crippen molar-refractivity contribution in [2.24, 2.45) is 0 Å². The zero-order valence-corrected chi connectivity index (χ0v) is 13.5. The molecule has 130 valence electrons. The molecule has 0 aliphatic carbocycles. The molecule has 1 heterocycles. The van der Waals surface area contributed by atoms with Gasteiger partial charge in [-0.25, -0.2) is 4.79 Å². The third kappa shape index (κ3) is 3.82. The third-order valence-corrected chi connectivity index (χ3v) is 3.59. The van der Waals surface area contributed by atoms with E-state index in [4.69, 9.17) is 14.2 Å². The van der Waals surface area contributed by atoms with Crippen molar-refractivity contribution in [2.45, 2.75) is 13.0 Å². The zero-order valence-electron chi connectivity index (χ0n) is 13.5. The van der Waals surface area contributed by atoms with E-state index in [1.54, 1.807) is 30.3 Å². The molecule has 1 amide bonds. The molecule has 3 rings (SSSR count). The number of esters is 1. The standard InChI is InChI=1S/C18H17NO6/c1-11(25-18(22)13-4-2-3-5-14(13)20)17(21)19-12-6-7-15-16(10-12)24-9-8-23-15/h2-7,10-11,20H,8-9H2,1H3,(H,19,21)/t11-/m0/s1. The number of para-hydroxylation sites is 1. The Morgan fingerprint density at radius 3 is 2.60 bits per heavy atom. The van der Waals surface area contributed by atoms with Crippen LogP contribution in [0.2, 0.25) is 0 Å². The van der Waals surface area contributed by atoms with E-state index in [9.17, 15) is 14.7 Å². The van der Waals surface area contributed by atoms with Crippen molar-refractivity contribution in [1.82, 2.24) is 0 Å². The van der Waals surface area contributed by atoms with Gasteiger partial charge in [-0.2, -0.15) is 0 Å². The molecule has 0 radical (unpaired) electrons. The third-order valence-electron chi connectivity index (χ3n) is 3.59. The maximum absolute atomic E-state index is 12.2. The van der Waals surface area contributed by atoms with Crippen LogP contribution in [0.3, 0.4) is 0 Å². The van der Waals surface area contributed by atoms with Crippen LogP contribution in [0.5, 0.6) is 17.2 Å². The van der Waals surface area contributed by atoms with Gasteiger partial charge in [0.15, 0.2) is 17.6 Å². The number of nitrogens with one attached hydrogen (secondary N) is 1. The Bertz CT molecular complexity index is 804. The summed E-state index contributed by atoms with van der Waals surface area (Å²) in [6.45, 7) is 2.38. The van der Waals surface area contributed by atoms with Crippen molar-refractivity contribution in [2.75, 3.05) is 18.5 Å². The monoisotopic (exact) mass is 343 g/mol. The number of phenolic OH excluding ortho intramolecular Hbond substituents is 1. The van der Waals surface area contributed by atoms with Crippen molar-refractivity contribution in [3.63, 3.8) is 0 Å². The van der Waals surface area contributed by atoms with Crippen molar-refractivity contribution in [3.8, 4) is 17.2 Å². The summed E-state index contributed by atoms with van der Waals surface area (Å²) in [7, 11) is 0. The summed E-state index contributed by atoms with van der Waals surface area (Å²) in [6.07, 6.45) is -1.04. The lowest BCUT2D eigenvalue weighted by atomic mass is 10.2. The van der Waals surface area contributed by atoms with E-state index in [0.29, 0.717) is 30.4 Å². The zero-order chi connectivity index (χ0) is 17.8. The number of aromatic hydroxyl groups is 1. The lowest BCUT2D eigenvalue weighted by molar-refractivity contribution is -0.123. The number of rotatable bonds is 4. The molecular weight excluding hydrogens is 326 g/mol. The maximum Gasteiger partial charge on any atom is 0.342 e. The van der Waals surface area contributed by atoms with E-state index < -0.39 is 18.0 Å². The van der Waals surface area contributed by atoms with Crippen LogP contribution in [0.1, 0.15) is 17.3 Å². The van der Waals surface area contributed by atoms with Crippen LogP contribution in [0, 0.1) is 0 Å². The Kier molecular flexibility index (Phi) is 4.74. The predicted octanol–water partition coefficient (Wildman–Crippen LogP) is 2.35. The van der Waals surface area contributed by atoms with Crippen LogP contribution < -0.4 is 14.8 Å². The molecule has 1 atom stereocenters. The quantitative estimate of drug-likeness (QED) is 0.828. The summed E-state index contributed by atoms with van der Waals surface area (Å²) in [4.78, 5) is 24.2. The van der Waals surface area contributed by atoms with Gasteiger partial charge in [-0.3, -0.25) is 4.79 Å². The van der Waals surface area contributed by atoms with Crippen molar-refractivity contribution in [1.29, 1.82) is 0 Å². The molecule has 7 nitrogen and oxygen atoms in total. The van der Waals surface area contributed by atoms with E-state index in [0.717, 1.165) is 0 Å². The van der Waals surface area contributed by atoms with Gasteiger partial charge < -0.3 is 24.6 Å². The number of carbonyl (C=O) groups is 2. The van der Waals surface area contributed by atoms with Crippen molar-refractivity contribution >= 4 is 17.6 Å². The SMILES string of the molecule is C[C@H](OC(=O)c1ccccc1O)C(=O)Nc1ccc2c(c1)OCCO2. The fraction of sp³-hybridized carbons (Fsp3) is 0.222. The molecule has 1 aliphatic heterocycles. The Balaban J connectivity index is 1.63. The fourth-order valence-corrected chi connectivity index (χ4v) is 2.29. The van der Waals surface area contributed by atoms with E-state index in [1.165, 1.54) is 19.1 Å². The molecule has 2 aromatic carbocycles. The van der Waals surface area contributed by atoms with E-state index in [2.05, 4.69) is 5.32 Å². The molecule has 0 fully saturated rings. The number of hydrogen-bond donors (Lipinski definition) is 2. The average Bonchev–Trinajstić information content (AvgIpc) is 2.61. The largest absolute Gasteiger partial charge is 0.507 e. The lowest BCUT2D eigenvalue weighted by Gasteiger charge is -2.19. The summed E-state index contributed by atoms with van der Waals surface area (Å²) in [5.74, 6) is -0.318. The molecule has 0 aromatic heterocycles. The molecule has 0 saturated heterocycles. The first-order valence-corrected chi connectivity index (χ1v) is 7.74. The van der Waals surface area contributed by atoms with Gasteiger partial charge in [0.25, 0.3) is 5.91 Å². The van der Waals surface area contributed by atoms with Gasteiger partial charge in [0, 0.05) is 11.8 Å². The lowest BCUT2D eigenvalue weighted by Crippen LogP contribution is -2.30. The number of ether oxygens (including phenoxy) is 3. The molecule has 0 saturated carbocycles. The molecule has 0 unspecified atom stereocenters. The van der Waals surface area contributed by atoms with Gasteiger partial charge in [0.2, 0.25) is 0 Å². The number of fused-ring (bicyclic) bond motifs is 1. The molecule has 2 aromatic rings. The highest BCUT2D eigenvalue weighted by Gasteiger charge is 2.21. The maximum atomic E-state index is 12.2. The summed E-state index contributed by atoms with van der Waals surface area (Å²) in [6, 6.07) is 11.0. The molecule has 1 aliphatic rings. The molecule has 2 N–H and O–H groups in total. The van der Waals surface area contributed by atoms with Crippen LogP contribution in [0.25, 0.3) is 0 Å². The second-order valence-corrected chi connectivity index (χ2v) is 5.41. The van der Waals surface area contributed by atoms with Gasteiger partial charge in [0.1, 0.15) is 24.5 Å². The van der Waals surface area contributed by atoms with Gasteiger partial charge in [-0.15, -0.1) is 0 Å². The van der Waals surface area contributed by atoms with Gasteiger partial charge in [-0.05, 0) is 31.2 Å². The van der Waals surface area contributed by atoms with Crippen molar-refractivity contribution in [3.05, 3.63) is 48.0 Å². The topological polar surface area (TPSA) is 94.1 Å². The van der Waals surface area contributed by atoms with Crippen LogP contribution in [-0.4, -0.2) is 36.3 Å². The Morgan fingerprint density at radius 1 is 1.12 bits per heavy atom. The predicted molar refractivity (Wildman–Crippen MR) is 89.0 cm³/mol. The summed E-state index contributed by atoms with van der Waals surface area (Å²) in [5.41, 5.74) is 0.501. The minimum absolute atomic E-state index is 0.00137. The van der Waals surface area contributed by atoms with E-state index >= 15 is 0 Å². The Hall–Kier alpha value is -3.22. The van der Waals surface area contributed by atoms with E-state index in [1.807, 2.05) is 0 Å². The summed E-state index contributed by atoms with van der Waals surface area (Å²) >= 11 is 0. The highest BCUT2D eigenvalue weighted by Crippen LogP contribution is 2.32.